The van der Waals surface area contributed by atoms with E-state index in [4.69, 9.17) is 4.74 Å². The number of ketones is 1. The van der Waals surface area contributed by atoms with Crippen LogP contribution in [-0.4, -0.2) is 33.3 Å². The smallest absolute Gasteiger partial charge is 0.308 e. The number of ether oxygens (including phenoxy) is 1. The van der Waals surface area contributed by atoms with E-state index in [1.807, 2.05) is 75.5 Å². The number of nitrogens with zero attached hydrogens (tertiary/aromatic N) is 2. The molecule has 0 spiro atoms. The lowest BCUT2D eigenvalue weighted by molar-refractivity contribution is -0.148. The van der Waals surface area contributed by atoms with Crippen molar-refractivity contribution in [3.8, 4) is 11.1 Å². The summed E-state index contributed by atoms with van der Waals surface area (Å²) >= 11 is 0. The Labute approximate surface area is 200 Å². The van der Waals surface area contributed by atoms with Gasteiger partial charge in [0.15, 0.2) is 5.78 Å². The second-order valence-corrected chi connectivity index (χ2v) is 9.37. The molecule has 0 saturated heterocycles. The predicted molar refractivity (Wildman–Crippen MR) is 130 cm³/mol. The third kappa shape index (κ3) is 6.63. The van der Waals surface area contributed by atoms with Crippen LogP contribution in [0.15, 0.2) is 73.3 Å². The third-order valence-corrected chi connectivity index (χ3v) is 5.55. The summed E-state index contributed by atoms with van der Waals surface area (Å²) < 4.78 is 7.12. The summed E-state index contributed by atoms with van der Waals surface area (Å²) in [5, 5.41) is 2.86. The van der Waals surface area contributed by atoms with Crippen LogP contribution in [0, 0.1) is 5.41 Å². The maximum Gasteiger partial charge on any atom is 0.308 e. The van der Waals surface area contributed by atoms with Gasteiger partial charge in [0, 0.05) is 24.8 Å². The molecule has 1 amide bonds. The number of hydrogen-bond acceptors (Lipinski definition) is 5. The molecule has 0 aliphatic rings. The lowest BCUT2D eigenvalue weighted by Crippen LogP contribution is -2.50. The molecule has 2 aromatic heterocycles. The largest absolute Gasteiger partial charge is 0.461 e. The molecule has 2 heterocycles. The van der Waals surface area contributed by atoms with Gasteiger partial charge in [-0.25, -0.2) is 0 Å². The summed E-state index contributed by atoms with van der Waals surface area (Å²) in [6.45, 7) is 7.25. The van der Waals surface area contributed by atoms with E-state index in [2.05, 4.69) is 10.3 Å². The van der Waals surface area contributed by atoms with E-state index in [1.165, 1.54) is 6.92 Å². The number of carbonyl (C=O) groups excluding carboxylic acids is 3. The lowest BCUT2D eigenvalue weighted by Gasteiger charge is -2.31. The number of benzene rings is 1. The van der Waals surface area contributed by atoms with Gasteiger partial charge in [0.25, 0.3) is 0 Å². The highest BCUT2D eigenvalue weighted by molar-refractivity contribution is 5.91. The molecule has 3 aromatic rings. The number of nitrogens with one attached hydrogen (secondary N) is 1. The molecule has 0 aliphatic heterocycles. The lowest BCUT2D eigenvalue weighted by atomic mass is 9.84. The Morgan fingerprint density at radius 2 is 1.68 bits per heavy atom. The Hall–Kier alpha value is -3.74. The van der Waals surface area contributed by atoms with Crippen LogP contribution < -0.4 is 5.32 Å². The van der Waals surface area contributed by atoms with Gasteiger partial charge < -0.3 is 14.6 Å². The average molecular weight is 462 g/mol. The number of carbonyl (C=O) groups is 3. The van der Waals surface area contributed by atoms with Crippen molar-refractivity contribution in [2.24, 2.45) is 5.41 Å². The molecule has 2 atom stereocenters. The van der Waals surface area contributed by atoms with Gasteiger partial charge in [0.2, 0.25) is 5.91 Å². The van der Waals surface area contributed by atoms with Gasteiger partial charge >= 0.3 is 5.97 Å². The van der Waals surface area contributed by atoms with Crippen LogP contribution in [0.5, 0.6) is 0 Å². The molecular weight excluding hydrogens is 430 g/mol. The van der Waals surface area contributed by atoms with Crippen LogP contribution in [0.25, 0.3) is 11.1 Å². The van der Waals surface area contributed by atoms with Crippen LogP contribution in [0.2, 0.25) is 0 Å². The molecule has 0 fully saturated rings. The minimum absolute atomic E-state index is 0.125. The summed E-state index contributed by atoms with van der Waals surface area (Å²) in [6, 6.07) is 13.4. The Morgan fingerprint density at radius 3 is 2.29 bits per heavy atom. The number of Topliss-reactive ketones (excluding diaryl/α,β-unsaturated/α-hetero) is 1. The molecule has 0 aliphatic carbocycles. The van der Waals surface area contributed by atoms with Gasteiger partial charge in [-0.3, -0.25) is 19.4 Å². The Kier molecular flexibility index (Phi) is 7.99. The van der Waals surface area contributed by atoms with E-state index in [9.17, 15) is 14.4 Å². The number of esters is 1. The van der Waals surface area contributed by atoms with Gasteiger partial charge in [-0.05, 0) is 47.2 Å². The molecule has 7 nitrogen and oxygen atoms in total. The molecule has 0 radical (unpaired) electrons. The molecule has 0 saturated carbocycles. The second kappa shape index (κ2) is 10.9. The van der Waals surface area contributed by atoms with Crippen molar-refractivity contribution < 1.29 is 19.1 Å². The molecule has 1 aromatic carbocycles. The van der Waals surface area contributed by atoms with Crippen molar-refractivity contribution >= 4 is 17.7 Å². The molecular formula is C27H31N3O4. The van der Waals surface area contributed by atoms with E-state index in [1.54, 1.807) is 23.2 Å². The van der Waals surface area contributed by atoms with Gasteiger partial charge in [0.1, 0.15) is 12.6 Å². The number of aromatic nitrogens is 2. The monoisotopic (exact) mass is 461 g/mol. The molecule has 0 unspecified atom stereocenters. The first-order chi connectivity index (χ1) is 16.1. The van der Waals surface area contributed by atoms with Gasteiger partial charge in [0.05, 0.1) is 12.5 Å². The van der Waals surface area contributed by atoms with Crippen LogP contribution in [0.4, 0.5) is 0 Å². The zero-order chi connectivity index (χ0) is 24.7. The summed E-state index contributed by atoms with van der Waals surface area (Å²) in [6.07, 6.45) is 6.78. The van der Waals surface area contributed by atoms with Gasteiger partial charge in [-0.2, -0.15) is 0 Å². The Balaban J connectivity index is 1.82. The first kappa shape index (κ1) is 24.9. The van der Waals surface area contributed by atoms with Crippen molar-refractivity contribution in [3.05, 3.63) is 78.9 Å². The third-order valence-electron chi connectivity index (χ3n) is 5.55. The normalized spacial score (nSPS) is 13.1. The summed E-state index contributed by atoms with van der Waals surface area (Å²) in [4.78, 5) is 42.3. The molecule has 3 rings (SSSR count). The standard InChI is InChI=1S/C27H31N3O4/c1-19(31)25(27(2,3)4)29-26(33)23(16-24(32)34-18-20-8-6-5-7-9-20)30-15-12-22(17-30)21-10-13-28-14-11-21/h5-15,17,23,25H,16,18H2,1-4H3,(H,29,33)/t23-,25-/m1/s1. The first-order valence-corrected chi connectivity index (χ1v) is 11.2. The quantitative estimate of drug-likeness (QED) is 0.479. The first-order valence-electron chi connectivity index (χ1n) is 11.2. The van der Waals surface area contributed by atoms with Crippen molar-refractivity contribution in [2.45, 2.75) is 52.8 Å². The molecule has 0 bridgehead atoms. The average Bonchev–Trinajstić information content (AvgIpc) is 3.30. The van der Waals surface area contributed by atoms with E-state index in [0.29, 0.717) is 0 Å². The molecule has 34 heavy (non-hydrogen) atoms. The number of pyridine rings is 1. The zero-order valence-corrected chi connectivity index (χ0v) is 20.0. The summed E-state index contributed by atoms with van der Waals surface area (Å²) in [5.41, 5.74) is 2.22. The Bertz CT molecular complexity index is 1120. The highest BCUT2D eigenvalue weighted by Gasteiger charge is 2.33. The molecule has 1 N–H and O–H groups in total. The van der Waals surface area contributed by atoms with Crippen molar-refractivity contribution in [2.75, 3.05) is 0 Å². The maximum atomic E-state index is 13.4. The minimum Gasteiger partial charge on any atom is -0.461 e. The highest BCUT2D eigenvalue weighted by Crippen LogP contribution is 2.25. The van der Waals surface area contributed by atoms with E-state index < -0.39 is 29.4 Å². The van der Waals surface area contributed by atoms with Gasteiger partial charge in [-0.1, -0.05) is 51.1 Å². The molecule has 178 valence electrons. The topological polar surface area (TPSA) is 90.3 Å². The van der Waals surface area contributed by atoms with E-state index >= 15 is 0 Å². The SMILES string of the molecule is CC(=O)[C@@H](NC(=O)[C@@H](CC(=O)OCc1ccccc1)n1ccc(-c2ccncc2)c1)C(C)(C)C. The number of amides is 1. The number of rotatable bonds is 9. The molecule has 7 heteroatoms. The summed E-state index contributed by atoms with van der Waals surface area (Å²) in [5.74, 6) is -1.06. The zero-order valence-electron chi connectivity index (χ0n) is 20.0. The second-order valence-electron chi connectivity index (χ2n) is 9.37. The fourth-order valence-electron chi connectivity index (χ4n) is 3.78. The predicted octanol–water partition coefficient (Wildman–Crippen LogP) is 4.34. The van der Waals surface area contributed by atoms with Crippen molar-refractivity contribution in [3.63, 3.8) is 0 Å². The van der Waals surface area contributed by atoms with Crippen LogP contribution in [0.3, 0.4) is 0 Å². The van der Waals surface area contributed by atoms with E-state index in [0.717, 1.165) is 16.7 Å². The number of hydrogen-bond donors (Lipinski definition) is 1. The summed E-state index contributed by atoms with van der Waals surface area (Å²) in [7, 11) is 0. The van der Waals surface area contributed by atoms with Crippen LogP contribution in [-0.2, 0) is 25.7 Å². The van der Waals surface area contributed by atoms with Crippen LogP contribution in [0.1, 0.15) is 45.7 Å². The minimum atomic E-state index is -0.872. The van der Waals surface area contributed by atoms with Crippen LogP contribution >= 0.6 is 0 Å². The Morgan fingerprint density at radius 1 is 1.00 bits per heavy atom. The highest BCUT2D eigenvalue weighted by atomic mass is 16.5. The fourth-order valence-corrected chi connectivity index (χ4v) is 3.78. The fraction of sp³-hybridized carbons (Fsp3) is 0.333. The van der Waals surface area contributed by atoms with E-state index in [-0.39, 0.29) is 18.8 Å². The van der Waals surface area contributed by atoms with Crippen molar-refractivity contribution in [1.82, 2.24) is 14.9 Å². The maximum absolute atomic E-state index is 13.4. The van der Waals surface area contributed by atoms with Gasteiger partial charge in [-0.15, -0.1) is 0 Å². The van der Waals surface area contributed by atoms with Crippen molar-refractivity contribution in [1.29, 1.82) is 0 Å².